The number of hydrogen-bond donors (Lipinski definition) is 2. The zero-order valence-electron chi connectivity index (χ0n) is 11.1. The van der Waals surface area contributed by atoms with Crippen LogP contribution < -0.4 is 10.6 Å². The highest BCUT2D eigenvalue weighted by atomic mass is 32.2. The molecule has 0 aromatic carbocycles. The molecule has 0 aliphatic carbocycles. The van der Waals surface area contributed by atoms with Crippen molar-refractivity contribution in [2.24, 2.45) is 0 Å². The number of urea groups is 1. The molecule has 0 spiro atoms. The first-order valence-electron chi connectivity index (χ1n) is 5.97. The summed E-state index contributed by atoms with van der Waals surface area (Å²) < 4.78 is 5.78. The number of thioether (sulfide) groups is 1. The molecule has 1 aliphatic rings. The number of hydrogen-bond acceptors (Lipinski definition) is 7. The van der Waals surface area contributed by atoms with Crippen molar-refractivity contribution < 1.29 is 14.3 Å². The molecule has 0 radical (unpaired) electrons. The predicted octanol–water partition coefficient (Wildman–Crippen LogP) is 1.07. The van der Waals surface area contributed by atoms with Gasteiger partial charge >= 0.3 is 12.0 Å². The average molecular weight is 314 g/mol. The maximum absolute atomic E-state index is 11.8. The number of nitrogens with one attached hydrogen (secondary N) is 2. The van der Waals surface area contributed by atoms with Gasteiger partial charge in [0.2, 0.25) is 0 Å². The van der Waals surface area contributed by atoms with Crippen molar-refractivity contribution in [3.8, 4) is 0 Å². The second kappa shape index (κ2) is 6.71. The summed E-state index contributed by atoms with van der Waals surface area (Å²) >= 11 is 2.90. The molecule has 0 unspecified atom stereocenters. The van der Waals surface area contributed by atoms with Gasteiger partial charge in [0.05, 0.1) is 18.7 Å². The van der Waals surface area contributed by atoms with Crippen molar-refractivity contribution in [2.75, 3.05) is 18.9 Å². The highest BCUT2D eigenvalue weighted by molar-refractivity contribution is 8.01. The van der Waals surface area contributed by atoms with Gasteiger partial charge in [-0.15, -0.1) is 10.2 Å². The number of nitrogens with zero attached hydrogens (tertiary/aromatic N) is 2. The molecule has 2 amide bonds. The second-order valence-corrected chi connectivity index (χ2v) is 6.27. The lowest BCUT2D eigenvalue weighted by atomic mass is 10.2. The summed E-state index contributed by atoms with van der Waals surface area (Å²) in [7, 11) is 0. The van der Waals surface area contributed by atoms with Crippen molar-refractivity contribution in [1.82, 2.24) is 20.8 Å². The number of ether oxygens (including phenoxy) is 1. The molecule has 20 heavy (non-hydrogen) atoms. The number of aryl methyl sites for hydroxylation is 1. The van der Waals surface area contributed by atoms with E-state index in [1.54, 1.807) is 6.92 Å². The lowest BCUT2D eigenvalue weighted by Gasteiger charge is -2.20. The molecule has 2 heterocycles. The highest BCUT2D eigenvalue weighted by Gasteiger charge is 2.23. The third-order valence-electron chi connectivity index (χ3n) is 2.42. The summed E-state index contributed by atoms with van der Waals surface area (Å²) in [5.74, 6) is 0.0278. The van der Waals surface area contributed by atoms with Crippen LogP contribution in [-0.2, 0) is 9.53 Å². The molecule has 0 fully saturated rings. The lowest BCUT2D eigenvalue weighted by molar-refractivity contribution is -0.138. The van der Waals surface area contributed by atoms with Gasteiger partial charge in [0.1, 0.15) is 5.01 Å². The zero-order valence-corrected chi connectivity index (χ0v) is 12.7. The van der Waals surface area contributed by atoms with E-state index in [4.69, 9.17) is 4.74 Å². The van der Waals surface area contributed by atoms with E-state index < -0.39 is 5.97 Å². The number of rotatable bonds is 5. The fourth-order valence-corrected chi connectivity index (χ4v) is 3.34. The summed E-state index contributed by atoms with van der Waals surface area (Å²) in [5, 5.41) is 14.0. The number of carbonyl (C=O) groups excluding carboxylic acids is 2. The minimum Gasteiger partial charge on any atom is -0.463 e. The van der Waals surface area contributed by atoms with E-state index in [1.807, 2.05) is 6.92 Å². The van der Waals surface area contributed by atoms with Gasteiger partial charge in [-0.05, 0) is 13.8 Å². The summed E-state index contributed by atoms with van der Waals surface area (Å²) in [4.78, 5) is 23.2. The van der Waals surface area contributed by atoms with Gasteiger partial charge in [-0.2, -0.15) is 0 Å². The Balaban J connectivity index is 2.10. The first-order chi connectivity index (χ1) is 9.60. The van der Waals surface area contributed by atoms with Crippen LogP contribution in [0.15, 0.2) is 15.6 Å². The van der Waals surface area contributed by atoms with E-state index in [9.17, 15) is 9.59 Å². The molecule has 0 saturated heterocycles. The first kappa shape index (κ1) is 14.8. The van der Waals surface area contributed by atoms with Crippen LogP contribution in [-0.4, -0.2) is 41.1 Å². The summed E-state index contributed by atoms with van der Waals surface area (Å²) in [5.41, 5.74) is 1.00. The molecule has 2 rings (SSSR count). The molecular formula is C11H14N4O3S2. The van der Waals surface area contributed by atoms with Gasteiger partial charge in [-0.25, -0.2) is 9.59 Å². The van der Waals surface area contributed by atoms with Crippen LogP contribution in [0.25, 0.3) is 0 Å². The SMILES string of the molecule is CCOC(=O)C1=C(CSc2nnc(C)s2)NC(=O)NC1. The fraction of sp³-hybridized carbons (Fsp3) is 0.455. The normalized spacial score (nSPS) is 14.8. The van der Waals surface area contributed by atoms with E-state index in [0.29, 0.717) is 23.6 Å². The quantitative estimate of drug-likeness (QED) is 0.624. The van der Waals surface area contributed by atoms with Crippen molar-refractivity contribution >= 4 is 35.1 Å². The molecule has 1 aromatic rings. The second-order valence-electron chi connectivity index (χ2n) is 3.86. The topological polar surface area (TPSA) is 93.2 Å². The van der Waals surface area contributed by atoms with Crippen LogP contribution >= 0.6 is 23.1 Å². The Morgan fingerprint density at radius 1 is 1.50 bits per heavy atom. The third-order valence-corrected chi connectivity index (χ3v) is 4.42. The van der Waals surface area contributed by atoms with Crippen LogP contribution in [0.4, 0.5) is 4.79 Å². The maximum Gasteiger partial charge on any atom is 0.337 e. The summed E-state index contributed by atoms with van der Waals surface area (Å²) in [6.45, 7) is 4.09. The van der Waals surface area contributed by atoms with Crippen LogP contribution in [0.5, 0.6) is 0 Å². The van der Waals surface area contributed by atoms with E-state index in [1.165, 1.54) is 23.1 Å². The Kier molecular flexibility index (Phi) is 4.96. The van der Waals surface area contributed by atoms with E-state index in [-0.39, 0.29) is 12.6 Å². The van der Waals surface area contributed by atoms with E-state index in [2.05, 4.69) is 20.8 Å². The highest BCUT2D eigenvalue weighted by Crippen LogP contribution is 2.24. The molecule has 1 aromatic heterocycles. The van der Waals surface area contributed by atoms with Crippen molar-refractivity contribution in [3.05, 3.63) is 16.3 Å². The molecule has 7 nitrogen and oxygen atoms in total. The molecule has 9 heteroatoms. The van der Waals surface area contributed by atoms with Crippen LogP contribution in [0.1, 0.15) is 11.9 Å². The van der Waals surface area contributed by atoms with Gasteiger partial charge in [0, 0.05) is 11.4 Å². The van der Waals surface area contributed by atoms with E-state index in [0.717, 1.165) is 9.35 Å². The van der Waals surface area contributed by atoms with Crippen molar-refractivity contribution in [1.29, 1.82) is 0 Å². The van der Waals surface area contributed by atoms with Gasteiger partial charge in [0.25, 0.3) is 0 Å². The Morgan fingerprint density at radius 2 is 2.30 bits per heavy atom. The Bertz CT molecular complexity index is 556. The number of carbonyl (C=O) groups is 2. The van der Waals surface area contributed by atoms with Gasteiger partial charge < -0.3 is 15.4 Å². The van der Waals surface area contributed by atoms with Crippen LogP contribution in [0.3, 0.4) is 0 Å². The minimum atomic E-state index is -0.413. The lowest BCUT2D eigenvalue weighted by Crippen LogP contribution is -2.44. The van der Waals surface area contributed by atoms with Crippen molar-refractivity contribution in [2.45, 2.75) is 18.2 Å². The Morgan fingerprint density at radius 3 is 2.95 bits per heavy atom. The molecule has 0 bridgehead atoms. The zero-order chi connectivity index (χ0) is 14.5. The molecule has 2 N–H and O–H groups in total. The maximum atomic E-state index is 11.8. The van der Waals surface area contributed by atoms with Crippen molar-refractivity contribution in [3.63, 3.8) is 0 Å². The van der Waals surface area contributed by atoms with Crippen LogP contribution in [0.2, 0.25) is 0 Å². The first-order valence-corrected chi connectivity index (χ1v) is 7.77. The van der Waals surface area contributed by atoms with Gasteiger partial charge in [-0.1, -0.05) is 23.1 Å². The standard InChI is InChI=1S/C11H14N4O3S2/c1-3-18-9(16)7-4-12-10(17)13-8(7)5-19-11-15-14-6(2)20-11/h3-5H2,1-2H3,(H2,12,13,17). The number of aromatic nitrogens is 2. The third kappa shape index (κ3) is 3.70. The van der Waals surface area contributed by atoms with Gasteiger partial charge in [0.15, 0.2) is 4.34 Å². The monoisotopic (exact) mass is 314 g/mol. The van der Waals surface area contributed by atoms with Gasteiger partial charge in [-0.3, -0.25) is 0 Å². The predicted molar refractivity (Wildman–Crippen MR) is 75.6 cm³/mol. The molecule has 0 atom stereocenters. The molecule has 1 aliphatic heterocycles. The largest absolute Gasteiger partial charge is 0.463 e. The Labute approximate surface area is 124 Å². The number of amides is 2. The van der Waals surface area contributed by atoms with E-state index >= 15 is 0 Å². The summed E-state index contributed by atoms with van der Waals surface area (Å²) in [6, 6.07) is -0.318. The minimum absolute atomic E-state index is 0.176. The smallest absolute Gasteiger partial charge is 0.337 e. The van der Waals surface area contributed by atoms with Crippen LogP contribution in [0, 0.1) is 6.92 Å². The molecule has 108 valence electrons. The summed E-state index contributed by atoms with van der Waals surface area (Å²) in [6.07, 6.45) is 0. The number of esters is 1. The fourth-order valence-electron chi connectivity index (χ4n) is 1.54. The molecule has 0 saturated carbocycles. The average Bonchev–Trinajstić information content (AvgIpc) is 2.82. The molecular weight excluding hydrogens is 300 g/mol. The Hall–Kier alpha value is -1.61.